The topological polar surface area (TPSA) is 128 Å². The van der Waals surface area contributed by atoms with Crippen LogP contribution in [0.2, 0.25) is 0 Å². The van der Waals surface area contributed by atoms with E-state index in [2.05, 4.69) is 0 Å². The van der Waals surface area contributed by atoms with Crippen LogP contribution in [-0.2, 0) is 108 Å². The van der Waals surface area contributed by atoms with Gasteiger partial charge in [-0.05, 0) is 51.8 Å². The number of hydrogen-bond donors (Lipinski definition) is 0. The van der Waals surface area contributed by atoms with Crippen molar-refractivity contribution >= 4 is 5.97 Å². The monoisotopic (exact) mass is 1140 g/mol. The lowest BCUT2D eigenvalue weighted by molar-refractivity contribution is -0.353. The summed E-state index contributed by atoms with van der Waals surface area (Å²) in [5.74, 6) is -0.173. The first kappa shape index (κ1) is 62.1. The van der Waals surface area contributed by atoms with Crippen LogP contribution in [-0.4, -0.2) is 94.3 Å². The van der Waals surface area contributed by atoms with E-state index < -0.39 is 61.4 Å². The summed E-state index contributed by atoms with van der Waals surface area (Å²) in [5.41, 5.74) is 6.95. The third-order valence-corrected chi connectivity index (χ3v) is 15.0. The second-order valence-electron chi connectivity index (χ2n) is 21.3. The fraction of sp³-hybridized carbons (Fsp3) is 0.394. The van der Waals surface area contributed by atoms with Gasteiger partial charge in [0.05, 0.1) is 66.6 Å². The zero-order valence-electron chi connectivity index (χ0n) is 48.3. The Morgan fingerprint density at radius 3 is 0.988 bits per heavy atom. The Bertz CT molecular complexity index is 2840. The van der Waals surface area contributed by atoms with Gasteiger partial charge in [0.2, 0.25) is 0 Å². The van der Waals surface area contributed by atoms with Gasteiger partial charge in [0.1, 0.15) is 48.8 Å². The number of ether oxygens (including phenoxy) is 12. The highest BCUT2D eigenvalue weighted by Crippen LogP contribution is 2.35. The minimum absolute atomic E-state index is 0.0319. The Kier molecular flexibility index (Phi) is 26.0. The van der Waals surface area contributed by atoms with Crippen molar-refractivity contribution < 1.29 is 61.6 Å². The quantitative estimate of drug-likeness (QED) is 0.0276. The molecule has 2 heterocycles. The highest BCUT2D eigenvalue weighted by atomic mass is 16.8. The summed E-state index contributed by atoms with van der Waals surface area (Å²) in [6.45, 7) is 2.49. The fourth-order valence-electron chi connectivity index (χ4n) is 10.5. The lowest BCUT2D eigenvalue weighted by Crippen LogP contribution is -2.64. The summed E-state index contributed by atoms with van der Waals surface area (Å²) in [7, 11) is 1.43. The number of carbonyl (C=O) groups excluding carboxylic acids is 1. The van der Waals surface area contributed by atoms with E-state index in [0.717, 1.165) is 77.5 Å². The van der Waals surface area contributed by atoms with Gasteiger partial charge in [0, 0.05) is 13.0 Å². The highest BCUT2D eigenvalue weighted by Gasteiger charge is 2.52. The van der Waals surface area contributed by atoms with Gasteiger partial charge >= 0.3 is 5.97 Å². The third kappa shape index (κ3) is 20.1. The number of methoxy groups -OCH3 is 1. The van der Waals surface area contributed by atoms with Crippen LogP contribution in [0.15, 0.2) is 212 Å². The van der Waals surface area contributed by atoms with E-state index in [1.54, 1.807) is 0 Å². The van der Waals surface area contributed by atoms with Crippen molar-refractivity contribution in [2.24, 2.45) is 0 Å². The summed E-state index contributed by atoms with van der Waals surface area (Å²) in [6, 6.07) is 70.6. The smallest absolute Gasteiger partial charge is 0.305 e. The summed E-state index contributed by atoms with van der Waals surface area (Å²) in [5, 5.41) is 0. The summed E-state index contributed by atoms with van der Waals surface area (Å²) in [4.78, 5) is 11.7. The Labute approximate surface area is 496 Å². The first-order valence-electron chi connectivity index (χ1n) is 29.7. The number of unbranched alkanes of at least 4 members (excludes halogenated alkanes) is 5. The van der Waals surface area contributed by atoms with Crippen LogP contribution in [0.5, 0.6) is 0 Å². The Morgan fingerprint density at radius 1 is 0.321 bits per heavy atom. The second-order valence-corrected chi connectivity index (χ2v) is 21.3. The van der Waals surface area contributed by atoms with E-state index >= 15 is 0 Å². The molecule has 0 N–H and O–H groups in total. The van der Waals surface area contributed by atoms with Gasteiger partial charge in [-0.1, -0.05) is 238 Å². The molecule has 0 amide bonds. The molecule has 0 aliphatic carbocycles. The summed E-state index contributed by atoms with van der Waals surface area (Å²) < 4.78 is 82.1. The van der Waals surface area contributed by atoms with E-state index in [9.17, 15) is 4.79 Å². The molecule has 2 aliphatic rings. The molecule has 13 nitrogen and oxygen atoms in total. The molecule has 13 heteroatoms. The third-order valence-electron chi connectivity index (χ3n) is 15.0. The minimum Gasteiger partial charge on any atom is -0.469 e. The van der Waals surface area contributed by atoms with Gasteiger partial charge in [-0.25, -0.2) is 0 Å². The Morgan fingerprint density at radius 2 is 0.619 bits per heavy atom. The standard InChI is InChI=1S/C71H82O13/c1-73-63(72)43-27-4-2-3-5-28-44-75-70-68(80-50-59-39-23-11-24-40-59)67(79-49-58-37-21-10-22-38-58)65(77-47-56-33-17-8-18-34-56)62(84-70)53-82-71-69(81-51-60-41-25-12-26-42-60)66(78-48-57-35-19-9-20-36-57)64(76-46-55-31-15-7-16-32-55)61(83-71)52-74-45-54-29-13-6-14-30-54/h6-26,29-42,61-62,64-71H,2-5,27-28,43-53H2,1H3/t61-,62-,64-,65-,66+,67+,68+,69+,70+,71+/m1/s1. The van der Waals surface area contributed by atoms with Crippen LogP contribution in [0, 0.1) is 0 Å². The molecule has 9 rings (SSSR count). The number of hydrogen-bond acceptors (Lipinski definition) is 13. The fourth-order valence-corrected chi connectivity index (χ4v) is 10.5. The first-order chi connectivity index (χ1) is 41.6. The van der Waals surface area contributed by atoms with Gasteiger partial charge in [0.15, 0.2) is 12.6 Å². The average molecular weight is 1140 g/mol. The molecule has 0 aromatic heterocycles. The van der Waals surface area contributed by atoms with Gasteiger partial charge < -0.3 is 56.8 Å². The maximum absolute atomic E-state index is 11.7. The van der Waals surface area contributed by atoms with E-state index in [1.165, 1.54) is 7.11 Å². The molecule has 84 heavy (non-hydrogen) atoms. The molecule has 2 saturated heterocycles. The van der Waals surface area contributed by atoms with Gasteiger partial charge in [-0.2, -0.15) is 0 Å². The van der Waals surface area contributed by atoms with Crippen molar-refractivity contribution in [2.75, 3.05) is 26.9 Å². The van der Waals surface area contributed by atoms with Gasteiger partial charge in [-0.15, -0.1) is 0 Å². The van der Waals surface area contributed by atoms with Crippen molar-refractivity contribution in [1.82, 2.24) is 0 Å². The van der Waals surface area contributed by atoms with E-state index in [4.69, 9.17) is 56.8 Å². The van der Waals surface area contributed by atoms with Crippen LogP contribution in [0.1, 0.15) is 83.9 Å². The molecule has 0 spiro atoms. The highest BCUT2D eigenvalue weighted by molar-refractivity contribution is 5.69. The zero-order valence-corrected chi connectivity index (χ0v) is 48.3. The maximum atomic E-state index is 11.7. The molecule has 0 unspecified atom stereocenters. The minimum atomic E-state index is -1.03. The molecule has 10 atom stereocenters. The summed E-state index contributed by atoms with van der Waals surface area (Å²) in [6.07, 6.45) is -1.89. The van der Waals surface area contributed by atoms with Crippen LogP contribution in [0.3, 0.4) is 0 Å². The van der Waals surface area contributed by atoms with Crippen LogP contribution < -0.4 is 0 Å². The molecule has 2 fully saturated rings. The summed E-state index contributed by atoms with van der Waals surface area (Å²) >= 11 is 0. The molecule has 0 radical (unpaired) electrons. The van der Waals surface area contributed by atoms with E-state index in [0.29, 0.717) is 26.2 Å². The molecule has 7 aromatic carbocycles. The van der Waals surface area contributed by atoms with Crippen molar-refractivity contribution in [3.05, 3.63) is 251 Å². The normalized spacial score (nSPS) is 22.3. The first-order valence-corrected chi connectivity index (χ1v) is 29.7. The van der Waals surface area contributed by atoms with Gasteiger partial charge in [0.25, 0.3) is 0 Å². The number of esters is 1. The van der Waals surface area contributed by atoms with Crippen molar-refractivity contribution in [1.29, 1.82) is 0 Å². The zero-order chi connectivity index (χ0) is 57.6. The molecule has 444 valence electrons. The molecule has 7 aromatic rings. The maximum Gasteiger partial charge on any atom is 0.305 e. The molecular weight excluding hydrogens is 1060 g/mol. The molecule has 2 aliphatic heterocycles. The molecule has 0 bridgehead atoms. The second kappa shape index (κ2) is 35.1. The SMILES string of the molecule is COC(=O)CCCCCCCCO[C@H]1O[C@H](CO[C@H]2O[C@H](COCc3ccccc3)[C@@H](OCc3ccccc3)[C@H](OCc3ccccc3)[C@@H]2OCc2ccccc2)[C@@H](OCc2ccccc2)[C@H](OCc2ccccc2)[C@@H]1OCc1ccccc1. The number of benzene rings is 7. The van der Waals surface area contributed by atoms with Crippen molar-refractivity contribution in [3.63, 3.8) is 0 Å². The Balaban J connectivity index is 1.04. The van der Waals surface area contributed by atoms with Crippen LogP contribution in [0.4, 0.5) is 0 Å². The molecular formula is C71H82O13. The van der Waals surface area contributed by atoms with Crippen molar-refractivity contribution in [2.45, 2.75) is 153 Å². The van der Waals surface area contributed by atoms with Crippen LogP contribution >= 0.6 is 0 Å². The Hall–Kier alpha value is -6.43. The average Bonchev–Trinajstić information content (AvgIpc) is 3.44. The lowest BCUT2D eigenvalue weighted by atomic mass is 9.96. The molecule has 0 saturated carbocycles. The number of carbonyl (C=O) groups is 1. The predicted molar refractivity (Wildman–Crippen MR) is 320 cm³/mol. The lowest BCUT2D eigenvalue weighted by Gasteiger charge is -2.48. The van der Waals surface area contributed by atoms with Gasteiger partial charge in [-0.3, -0.25) is 4.79 Å². The van der Waals surface area contributed by atoms with E-state index in [-0.39, 0.29) is 52.2 Å². The van der Waals surface area contributed by atoms with Crippen LogP contribution in [0.25, 0.3) is 0 Å². The predicted octanol–water partition coefficient (Wildman–Crippen LogP) is 13.1. The van der Waals surface area contributed by atoms with E-state index in [1.807, 2.05) is 212 Å². The van der Waals surface area contributed by atoms with Crippen molar-refractivity contribution in [3.8, 4) is 0 Å². The largest absolute Gasteiger partial charge is 0.469 e. The number of rotatable bonds is 35.